The number of rotatable bonds is 9. The molecule has 0 saturated carbocycles. The van der Waals surface area contributed by atoms with Gasteiger partial charge in [0.1, 0.15) is 0 Å². The highest BCUT2D eigenvalue weighted by molar-refractivity contribution is 5.75. The molecule has 7 heteroatoms. The number of ether oxygens (including phenoxy) is 2. The van der Waals surface area contributed by atoms with Crippen molar-refractivity contribution in [1.29, 1.82) is 0 Å². The molecule has 0 aromatic heterocycles. The molecule has 1 aromatic carbocycles. The second kappa shape index (κ2) is 9.42. The summed E-state index contributed by atoms with van der Waals surface area (Å²) >= 11 is 0. The van der Waals surface area contributed by atoms with E-state index in [1.807, 2.05) is 0 Å². The number of halogens is 2. The van der Waals surface area contributed by atoms with Crippen LogP contribution in [0.2, 0.25) is 0 Å². The van der Waals surface area contributed by atoms with E-state index < -0.39 is 6.61 Å². The number of benzene rings is 1. The molecule has 2 rings (SSSR count). The second-order valence-corrected chi connectivity index (χ2v) is 5.86. The summed E-state index contributed by atoms with van der Waals surface area (Å²) in [5, 5.41) is 6.15. The zero-order valence-electron chi connectivity index (χ0n) is 13.8. The molecule has 1 amide bonds. The number of carbonyl (C=O) groups excluding carboxylic acids is 1. The van der Waals surface area contributed by atoms with E-state index >= 15 is 0 Å². The van der Waals surface area contributed by atoms with Crippen molar-refractivity contribution in [3.63, 3.8) is 0 Å². The zero-order chi connectivity index (χ0) is 17.4. The van der Waals surface area contributed by atoms with Crippen LogP contribution in [0.3, 0.4) is 0 Å². The summed E-state index contributed by atoms with van der Waals surface area (Å²) in [5.74, 6) is 0.879. The molecule has 0 aliphatic carbocycles. The Bertz CT molecular complexity index is 535. The van der Waals surface area contributed by atoms with Crippen LogP contribution in [0, 0.1) is 5.92 Å². The van der Waals surface area contributed by atoms with Gasteiger partial charge in [-0.25, -0.2) is 0 Å². The van der Waals surface area contributed by atoms with E-state index in [1.165, 1.54) is 13.2 Å². The van der Waals surface area contributed by atoms with E-state index in [4.69, 9.17) is 4.74 Å². The van der Waals surface area contributed by atoms with Crippen molar-refractivity contribution in [1.82, 2.24) is 10.6 Å². The van der Waals surface area contributed by atoms with Crippen molar-refractivity contribution < 1.29 is 23.0 Å². The molecule has 24 heavy (non-hydrogen) atoms. The highest BCUT2D eigenvalue weighted by Crippen LogP contribution is 2.29. The maximum Gasteiger partial charge on any atom is 0.387 e. The molecule has 2 N–H and O–H groups in total. The minimum atomic E-state index is -2.90. The van der Waals surface area contributed by atoms with Gasteiger partial charge in [-0.3, -0.25) is 4.79 Å². The van der Waals surface area contributed by atoms with Crippen LogP contribution in [-0.4, -0.2) is 39.3 Å². The summed E-state index contributed by atoms with van der Waals surface area (Å²) in [4.78, 5) is 11.8. The van der Waals surface area contributed by atoms with Crippen LogP contribution in [-0.2, 0) is 11.2 Å². The Morgan fingerprint density at radius 1 is 1.42 bits per heavy atom. The predicted octanol–water partition coefficient (Wildman–Crippen LogP) is 2.35. The molecule has 0 spiro atoms. The Hall–Kier alpha value is -1.89. The smallest absolute Gasteiger partial charge is 0.387 e. The van der Waals surface area contributed by atoms with Crippen LogP contribution < -0.4 is 20.1 Å². The van der Waals surface area contributed by atoms with Gasteiger partial charge in [0.25, 0.3) is 0 Å². The highest BCUT2D eigenvalue weighted by Gasteiger charge is 2.15. The number of alkyl halides is 2. The predicted molar refractivity (Wildman–Crippen MR) is 86.6 cm³/mol. The number of nitrogens with one attached hydrogen (secondary N) is 2. The quantitative estimate of drug-likeness (QED) is 0.723. The summed E-state index contributed by atoms with van der Waals surface area (Å²) in [6.07, 6.45) is 3.09. The molecule has 1 atom stereocenters. The fraction of sp³-hybridized carbons (Fsp3) is 0.588. The Kier molecular flexibility index (Phi) is 7.24. The third kappa shape index (κ3) is 5.96. The van der Waals surface area contributed by atoms with Crippen LogP contribution in [0.1, 0.15) is 24.8 Å². The first-order valence-electron chi connectivity index (χ1n) is 8.17. The van der Waals surface area contributed by atoms with E-state index in [1.54, 1.807) is 12.1 Å². The van der Waals surface area contributed by atoms with Crippen LogP contribution >= 0.6 is 0 Å². The maximum absolute atomic E-state index is 12.4. The van der Waals surface area contributed by atoms with Crippen LogP contribution in [0.15, 0.2) is 18.2 Å². The minimum absolute atomic E-state index is 0.00469. The molecular formula is C17H24F2N2O3. The van der Waals surface area contributed by atoms with Crippen LogP contribution in [0.4, 0.5) is 8.78 Å². The summed E-state index contributed by atoms with van der Waals surface area (Å²) in [5.41, 5.74) is 0.798. The number of carbonyl (C=O) groups is 1. The van der Waals surface area contributed by atoms with Gasteiger partial charge in [-0.15, -0.1) is 0 Å². The standard InChI is InChI=1S/C17H24F2N2O3/c1-23-14-4-2-12(10-15(14)24-17(18)19)7-9-21-16(22)5-3-13-6-8-20-11-13/h2,4,10,13,17,20H,3,5-9,11H2,1H3,(H,21,22). The summed E-state index contributed by atoms with van der Waals surface area (Å²) in [7, 11) is 1.40. The lowest BCUT2D eigenvalue weighted by Gasteiger charge is -2.12. The molecule has 1 fully saturated rings. The molecule has 0 radical (unpaired) electrons. The molecule has 1 aliphatic rings. The van der Waals surface area contributed by atoms with Gasteiger partial charge in [0, 0.05) is 13.0 Å². The van der Waals surface area contributed by atoms with Gasteiger partial charge in [0.2, 0.25) is 5.91 Å². The lowest BCUT2D eigenvalue weighted by molar-refractivity contribution is -0.121. The molecule has 1 unspecified atom stereocenters. The number of hydrogen-bond donors (Lipinski definition) is 2. The Labute approximate surface area is 140 Å². The van der Waals surface area contributed by atoms with Gasteiger partial charge >= 0.3 is 6.61 Å². The largest absolute Gasteiger partial charge is 0.493 e. The Morgan fingerprint density at radius 3 is 2.92 bits per heavy atom. The van der Waals surface area contributed by atoms with Crippen molar-refractivity contribution in [3.8, 4) is 11.5 Å². The average molecular weight is 342 g/mol. The summed E-state index contributed by atoms with van der Waals surface area (Å²) < 4.78 is 34.2. The monoisotopic (exact) mass is 342 g/mol. The maximum atomic E-state index is 12.4. The van der Waals surface area contributed by atoms with Crippen LogP contribution in [0.5, 0.6) is 11.5 Å². The topological polar surface area (TPSA) is 59.6 Å². The van der Waals surface area contributed by atoms with Gasteiger partial charge in [0.15, 0.2) is 11.5 Å². The van der Waals surface area contributed by atoms with Gasteiger partial charge in [0.05, 0.1) is 7.11 Å². The molecule has 134 valence electrons. The first-order valence-corrected chi connectivity index (χ1v) is 8.17. The normalized spacial score (nSPS) is 17.1. The number of amides is 1. The third-order valence-corrected chi connectivity index (χ3v) is 4.12. The molecule has 1 saturated heterocycles. The highest BCUT2D eigenvalue weighted by atomic mass is 19.3. The van der Waals surface area contributed by atoms with Gasteiger partial charge in [-0.2, -0.15) is 8.78 Å². The van der Waals surface area contributed by atoms with E-state index in [9.17, 15) is 13.6 Å². The zero-order valence-corrected chi connectivity index (χ0v) is 13.8. The molecule has 1 aromatic rings. The van der Waals surface area contributed by atoms with Crippen molar-refractivity contribution >= 4 is 5.91 Å². The van der Waals surface area contributed by atoms with E-state index in [2.05, 4.69) is 15.4 Å². The molecule has 0 bridgehead atoms. The van der Waals surface area contributed by atoms with Crippen molar-refractivity contribution in [2.45, 2.75) is 32.3 Å². The lowest BCUT2D eigenvalue weighted by Crippen LogP contribution is -2.26. The first kappa shape index (κ1) is 18.4. The Morgan fingerprint density at radius 2 is 2.25 bits per heavy atom. The lowest BCUT2D eigenvalue weighted by atomic mass is 10.0. The summed E-state index contributed by atoms with van der Waals surface area (Å²) in [6.45, 7) is -0.417. The van der Waals surface area contributed by atoms with E-state index in [0.29, 0.717) is 25.3 Å². The average Bonchev–Trinajstić information content (AvgIpc) is 3.06. The van der Waals surface area contributed by atoms with E-state index in [-0.39, 0.29) is 17.4 Å². The molecule has 1 heterocycles. The van der Waals surface area contributed by atoms with Gasteiger partial charge < -0.3 is 20.1 Å². The number of hydrogen-bond acceptors (Lipinski definition) is 4. The summed E-state index contributed by atoms with van der Waals surface area (Å²) in [6, 6.07) is 4.87. The van der Waals surface area contributed by atoms with Crippen molar-refractivity contribution in [2.24, 2.45) is 5.92 Å². The molecular weight excluding hydrogens is 318 g/mol. The SMILES string of the molecule is COc1ccc(CCNC(=O)CCC2CCNC2)cc1OC(F)F. The van der Waals surface area contributed by atoms with Crippen molar-refractivity contribution in [3.05, 3.63) is 23.8 Å². The van der Waals surface area contributed by atoms with Gasteiger partial charge in [-0.1, -0.05) is 6.07 Å². The fourth-order valence-corrected chi connectivity index (χ4v) is 2.80. The van der Waals surface area contributed by atoms with Gasteiger partial charge in [-0.05, 0) is 56.0 Å². The van der Waals surface area contributed by atoms with Crippen LogP contribution in [0.25, 0.3) is 0 Å². The molecule has 5 nitrogen and oxygen atoms in total. The minimum Gasteiger partial charge on any atom is -0.493 e. The third-order valence-electron chi connectivity index (χ3n) is 4.12. The second-order valence-electron chi connectivity index (χ2n) is 5.86. The van der Waals surface area contributed by atoms with E-state index in [0.717, 1.165) is 31.5 Å². The molecule has 1 aliphatic heterocycles. The Balaban J connectivity index is 1.75. The van der Waals surface area contributed by atoms with Crippen molar-refractivity contribution in [2.75, 3.05) is 26.7 Å². The first-order chi connectivity index (χ1) is 11.6. The number of methoxy groups -OCH3 is 1. The fourth-order valence-electron chi connectivity index (χ4n) is 2.80.